The molecule has 2 heterocycles. The summed E-state index contributed by atoms with van der Waals surface area (Å²) >= 11 is 6.13. The molecule has 0 radical (unpaired) electrons. The Balaban J connectivity index is 1.36. The minimum Gasteiger partial charge on any atom is -0.371 e. The lowest BCUT2D eigenvalue weighted by atomic mass is 10.3. The molecule has 0 saturated heterocycles. The summed E-state index contributed by atoms with van der Waals surface area (Å²) in [5.74, 6) is 0.340. The molecule has 1 aliphatic rings. The average molecular weight is 450 g/mol. The number of amides is 2. The number of aromatic nitrogens is 2. The third kappa shape index (κ3) is 4.84. The predicted molar refractivity (Wildman–Crippen MR) is 126 cm³/mol. The van der Waals surface area contributed by atoms with Gasteiger partial charge in [-0.25, -0.2) is 4.98 Å². The molecule has 1 aliphatic heterocycles. The van der Waals surface area contributed by atoms with Crippen molar-refractivity contribution in [2.75, 3.05) is 30.4 Å². The molecule has 32 heavy (non-hydrogen) atoms. The van der Waals surface area contributed by atoms with E-state index in [4.69, 9.17) is 11.6 Å². The Morgan fingerprint density at radius 1 is 1.12 bits per heavy atom. The lowest BCUT2D eigenvalue weighted by Gasteiger charge is -2.27. The smallest absolute Gasteiger partial charge is 0.273 e. The monoisotopic (exact) mass is 449 g/mol. The summed E-state index contributed by atoms with van der Waals surface area (Å²) in [5.41, 5.74) is 2.09. The highest BCUT2D eigenvalue weighted by molar-refractivity contribution is 6.33. The number of carbonyl (C=O) groups excluding carboxylic acids is 2. The zero-order valence-corrected chi connectivity index (χ0v) is 18.5. The van der Waals surface area contributed by atoms with Gasteiger partial charge in [0.1, 0.15) is 11.5 Å². The summed E-state index contributed by atoms with van der Waals surface area (Å²) in [6.45, 7) is 2.00. The number of rotatable bonds is 6. The Morgan fingerprint density at radius 3 is 2.66 bits per heavy atom. The van der Waals surface area contributed by atoms with Crippen LogP contribution in [0.15, 0.2) is 72.9 Å². The quantitative estimate of drug-likeness (QED) is 0.581. The molecule has 8 heteroatoms. The third-order valence-electron chi connectivity index (χ3n) is 5.37. The number of nitrogens with zero attached hydrogens (tertiary/aromatic N) is 4. The number of nitrogens with one attached hydrogen (secondary N) is 1. The average Bonchev–Trinajstić information content (AvgIpc) is 3.24. The van der Waals surface area contributed by atoms with Crippen LogP contribution < -0.4 is 10.2 Å². The minimum atomic E-state index is -0.277. The fraction of sp³-hybridized carbons (Fsp3) is 0.208. The molecule has 1 aromatic heterocycles. The van der Waals surface area contributed by atoms with Gasteiger partial charge in [0.2, 0.25) is 5.91 Å². The van der Waals surface area contributed by atoms with Gasteiger partial charge in [-0.05, 0) is 24.3 Å². The van der Waals surface area contributed by atoms with Crippen LogP contribution in [0.4, 0.5) is 11.4 Å². The zero-order chi connectivity index (χ0) is 22.5. The summed E-state index contributed by atoms with van der Waals surface area (Å²) in [6.07, 6.45) is 5.00. The number of hydrogen-bond acceptors (Lipinski definition) is 4. The Hall–Kier alpha value is -3.58. The van der Waals surface area contributed by atoms with Gasteiger partial charge in [0.15, 0.2) is 0 Å². The summed E-state index contributed by atoms with van der Waals surface area (Å²) < 4.78 is 1.85. The van der Waals surface area contributed by atoms with Gasteiger partial charge in [-0.1, -0.05) is 48.0 Å². The van der Waals surface area contributed by atoms with E-state index in [0.717, 1.165) is 5.69 Å². The van der Waals surface area contributed by atoms with Gasteiger partial charge in [0.05, 0.1) is 23.5 Å². The highest BCUT2D eigenvalue weighted by Gasteiger charge is 2.25. The minimum absolute atomic E-state index is 0.0669. The van der Waals surface area contributed by atoms with Crippen molar-refractivity contribution in [1.29, 1.82) is 0 Å². The first-order valence-electron chi connectivity index (χ1n) is 10.3. The van der Waals surface area contributed by atoms with E-state index in [9.17, 15) is 9.59 Å². The molecular weight excluding hydrogens is 426 g/mol. The van der Waals surface area contributed by atoms with E-state index >= 15 is 0 Å². The van der Waals surface area contributed by atoms with Crippen molar-refractivity contribution < 1.29 is 9.59 Å². The number of halogens is 1. The molecule has 7 nitrogen and oxygen atoms in total. The van der Waals surface area contributed by atoms with E-state index in [1.54, 1.807) is 35.4 Å². The van der Waals surface area contributed by atoms with Gasteiger partial charge in [0.25, 0.3) is 5.91 Å². The van der Waals surface area contributed by atoms with Crippen LogP contribution in [0, 0.1) is 0 Å². The van der Waals surface area contributed by atoms with E-state index in [0.29, 0.717) is 48.4 Å². The van der Waals surface area contributed by atoms with Crippen LogP contribution in [0.1, 0.15) is 16.3 Å². The number of likely N-dealkylation sites (N-methyl/N-ethyl adjacent to an activating group) is 1. The third-order valence-corrected chi connectivity index (χ3v) is 5.70. The number of para-hydroxylation sites is 2. The molecule has 0 atom stereocenters. The normalized spacial score (nSPS) is 13.1. The van der Waals surface area contributed by atoms with Crippen molar-refractivity contribution in [3.8, 4) is 0 Å². The topological polar surface area (TPSA) is 70.5 Å². The van der Waals surface area contributed by atoms with Gasteiger partial charge in [-0.3, -0.25) is 9.59 Å². The molecule has 0 unspecified atom stereocenters. The molecule has 0 bridgehead atoms. The molecule has 1 N–H and O–H groups in total. The van der Waals surface area contributed by atoms with Crippen LogP contribution >= 0.6 is 11.6 Å². The lowest BCUT2D eigenvalue weighted by Crippen LogP contribution is -2.38. The Kier molecular flexibility index (Phi) is 6.56. The number of benzene rings is 2. The Morgan fingerprint density at radius 2 is 1.88 bits per heavy atom. The molecule has 0 spiro atoms. The molecular formula is C24H24ClN5O2. The molecule has 4 rings (SSSR count). The maximum Gasteiger partial charge on any atom is 0.273 e. The first-order valence-corrected chi connectivity index (χ1v) is 10.7. The zero-order valence-electron chi connectivity index (χ0n) is 17.7. The number of anilines is 2. The molecule has 2 aromatic carbocycles. The summed E-state index contributed by atoms with van der Waals surface area (Å²) in [7, 11) is 1.98. The van der Waals surface area contributed by atoms with E-state index in [1.165, 1.54) is 0 Å². The van der Waals surface area contributed by atoms with Gasteiger partial charge in [-0.2, -0.15) is 0 Å². The molecule has 3 aromatic rings. The SMILES string of the molecule is CN(C/C=C/C(=O)N1CCn2c(C(=O)Nc3ccccc3Cl)cnc2C1)c1ccccc1. The van der Waals surface area contributed by atoms with Crippen molar-refractivity contribution in [1.82, 2.24) is 14.5 Å². The van der Waals surface area contributed by atoms with Gasteiger partial charge in [0, 0.05) is 38.4 Å². The molecule has 2 amide bonds. The maximum absolute atomic E-state index is 12.7. The standard InChI is InChI=1S/C24H24ClN5O2/c1-28(18-8-3-2-4-9-18)13-7-12-23(31)29-14-15-30-21(16-26-22(30)17-29)24(32)27-20-11-6-5-10-19(20)25/h2-12,16H,13-15,17H2,1H3,(H,27,32)/b12-7+. The van der Waals surface area contributed by atoms with E-state index in [-0.39, 0.29) is 11.8 Å². The molecule has 0 aliphatic carbocycles. The first-order chi connectivity index (χ1) is 15.5. The van der Waals surface area contributed by atoms with Crippen LogP contribution in [-0.2, 0) is 17.9 Å². The Labute approximate surface area is 191 Å². The lowest BCUT2D eigenvalue weighted by molar-refractivity contribution is -0.127. The number of carbonyl (C=O) groups is 2. The van der Waals surface area contributed by atoms with Gasteiger partial charge in [-0.15, -0.1) is 0 Å². The predicted octanol–water partition coefficient (Wildman–Crippen LogP) is 3.82. The van der Waals surface area contributed by atoms with Crippen LogP contribution in [-0.4, -0.2) is 46.4 Å². The highest BCUT2D eigenvalue weighted by atomic mass is 35.5. The van der Waals surface area contributed by atoms with Gasteiger partial charge >= 0.3 is 0 Å². The second-order valence-electron chi connectivity index (χ2n) is 7.52. The van der Waals surface area contributed by atoms with E-state index < -0.39 is 0 Å². The van der Waals surface area contributed by atoms with Crippen LogP contribution in [0.2, 0.25) is 5.02 Å². The van der Waals surface area contributed by atoms with Crippen LogP contribution in [0.5, 0.6) is 0 Å². The van der Waals surface area contributed by atoms with Crippen molar-refractivity contribution in [3.63, 3.8) is 0 Å². The fourth-order valence-electron chi connectivity index (χ4n) is 3.58. The molecule has 0 saturated carbocycles. The summed E-state index contributed by atoms with van der Waals surface area (Å²) in [4.78, 5) is 33.5. The number of fused-ring (bicyclic) bond motifs is 1. The number of imidazole rings is 1. The molecule has 0 fully saturated rings. The highest BCUT2D eigenvalue weighted by Crippen LogP contribution is 2.22. The number of hydrogen-bond donors (Lipinski definition) is 1. The largest absolute Gasteiger partial charge is 0.371 e. The van der Waals surface area contributed by atoms with E-state index in [1.807, 2.05) is 54.1 Å². The second kappa shape index (κ2) is 9.70. The summed E-state index contributed by atoms with van der Waals surface area (Å²) in [6, 6.07) is 17.1. The maximum atomic E-state index is 12.7. The second-order valence-corrected chi connectivity index (χ2v) is 7.93. The van der Waals surface area contributed by atoms with Crippen molar-refractivity contribution >= 4 is 34.8 Å². The fourth-order valence-corrected chi connectivity index (χ4v) is 3.77. The molecule has 164 valence electrons. The van der Waals surface area contributed by atoms with Crippen LogP contribution in [0.3, 0.4) is 0 Å². The first kappa shape index (κ1) is 21.6. The van der Waals surface area contributed by atoms with Crippen molar-refractivity contribution in [2.45, 2.75) is 13.1 Å². The van der Waals surface area contributed by atoms with Crippen molar-refractivity contribution in [2.24, 2.45) is 0 Å². The Bertz CT molecular complexity index is 1140. The van der Waals surface area contributed by atoms with Crippen molar-refractivity contribution in [3.05, 3.63) is 89.5 Å². The van der Waals surface area contributed by atoms with Crippen LogP contribution in [0.25, 0.3) is 0 Å². The van der Waals surface area contributed by atoms with Gasteiger partial charge < -0.3 is 19.7 Å². The van der Waals surface area contributed by atoms with E-state index in [2.05, 4.69) is 15.2 Å². The summed E-state index contributed by atoms with van der Waals surface area (Å²) in [5, 5.41) is 3.29.